The van der Waals surface area contributed by atoms with Crippen molar-refractivity contribution in [2.75, 3.05) is 31.0 Å². The molecule has 0 atom stereocenters. The quantitative estimate of drug-likeness (QED) is 0.564. The first-order valence-corrected chi connectivity index (χ1v) is 11.3. The van der Waals surface area contributed by atoms with Gasteiger partial charge in [0.05, 0.1) is 23.5 Å². The molecular weight excluding hydrogens is 395 g/mol. The fourth-order valence-electron chi connectivity index (χ4n) is 2.87. The maximum atomic E-state index is 13.7. The van der Waals surface area contributed by atoms with E-state index in [2.05, 4.69) is 19.6 Å². The lowest BCUT2D eigenvalue weighted by Gasteiger charge is -2.15. The van der Waals surface area contributed by atoms with Crippen LogP contribution in [0.4, 0.5) is 21.6 Å². The van der Waals surface area contributed by atoms with Crippen LogP contribution in [-0.4, -0.2) is 45.0 Å². The van der Waals surface area contributed by atoms with Crippen molar-refractivity contribution in [3.05, 3.63) is 48.0 Å². The number of hydrogen-bond donors (Lipinski definition) is 2. The second kappa shape index (κ2) is 8.71. The van der Waals surface area contributed by atoms with E-state index in [4.69, 9.17) is 9.84 Å². The summed E-state index contributed by atoms with van der Waals surface area (Å²) in [6.07, 6.45) is 5.01. The summed E-state index contributed by atoms with van der Waals surface area (Å²) < 4.78 is 35.5. The molecule has 2 N–H and O–H groups in total. The van der Waals surface area contributed by atoms with Crippen molar-refractivity contribution in [3.8, 4) is 5.75 Å². The number of anilines is 2. The minimum atomic E-state index is -2.30. The second-order valence-electron chi connectivity index (χ2n) is 6.84. The smallest absolute Gasteiger partial charge is 0.145 e. The van der Waals surface area contributed by atoms with Gasteiger partial charge in [0.1, 0.15) is 23.7 Å². The maximum absolute atomic E-state index is 13.7. The van der Waals surface area contributed by atoms with E-state index in [1.165, 1.54) is 18.5 Å². The summed E-state index contributed by atoms with van der Waals surface area (Å²) in [7, 11) is -2.30. The number of halogens is 1. The first kappa shape index (κ1) is 20.9. The molecule has 9 heteroatoms. The van der Waals surface area contributed by atoms with E-state index in [0.29, 0.717) is 34.9 Å². The average molecular weight is 418 g/mol. The second-order valence-corrected chi connectivity index (χ2v) is 9.39. The Kier molecular flexibility index (Phi) is 6.29. The Morgan fingerprint density at radius 3 is 2.76 bits per heavy atom. The fraction of sp³-hybridized carbons (Fsp3) is 0.300. The third-order valence-corrected chi connectivity index (χ3v) is 4.65. The number of aromatic nitrogens is 2. The van der Waals surface area contributed by atoms with Gasteiger partial charge in [0.2, 0.25) is 0 Å². The van der Waals surface area contributed by atoms with Gasteiger partial charge in [-0.15, -0.1) is 0 Å². The molecule has 0 fully saturated rings. The molecule has 0 unspecified atom stereocenters. The van der Waals surface area contributed by atoms with Crippen LogP contribution < -0.4 is 10.1 Å². The highest BCUT2D eigenvalue weighted by Crippen LogP contribution is 2.33. The number of benzene rings is 2. The van der Waals surface area contributed by atoms with Crippen LogP contribution in [0.15, 0.2) is 41.0 Å². The fourth-order valence-corrected chi connectivity index (χ4v) is 3.48. The number of aryl methyl sites for hydroxylation is 1. The van der Waals surface area contributed by atoms with Crippen molar-refractivity contribution in [2.24, 2.45) is 4.36 Å². The molecule has 29 heavy (non-hydrogen) atoms. The Hall–Kier alpha value is -2.78. The van der Waals surface area contributed by atoms with E-state index in [1.807, 2.05) is 13.0 Å². The van der Waals surface area contributed by atoms with E-state index in [-0.39, 0.29) is 13.2 Å². The van der Waals surface area contributed by atoms with Crippen LogP contribution in [0.5, 0.6) is 5.75 Å². The molecule has 0 saturated carbocycles. The lowest BCUT2D eigenvalue weighted by atomic mass is 10.1. The van der Waals surface area contributed by atoms with Crippen molar-refractivity contribution in [1.82, 2.24) is 9.97 Å². The predicted molar refractivity (Wildman–Crippen MR) is 113 cm³/mol. The first-order valence-electron chi connectivity index (χ1n) is 8.99. The Balaban J connectivity index is 2.02. The van der Waals surface area contributed by atoms with Gasteiger partial charge in [-0.2, -0.15) is 4.36 Å². The van der Waals surface area contributed by atoms with Crippen molar-refractivity contribution in [1.29, 1.82) is 0 Å². The van der Waals surface area contributed by atoms with E-state index >= 15 is 0 Å². The third-order valence-electron chi connectivity index (χ3n) is 4.00. The van der Waals surface area contributed by atoms with Crippen LogP contribution in [0.2, 0.25) is 0 Å². The number of aliphatic hydroxyl groups is 1. The highest BCUT2D eigenvalue weighted by Gasteiger charge is 2.12. The standard InChI is InChI=1S/C20H23FN4O3S/c1-13-9-15(25-29(2,3)27)11-17-19(13)20(23-12-22-17)24-16-6-5-14(21)10-18(16)28-8-4-7-26/h5-6,9-12,26H,4,7-8H2,1-3H3,(H,22,23,24). The summed E-state index contributed by atoms with van der Waals surface area (Å²) in [5.74, 6) is 0.435. The number of nitrogens with zero attached hydrogens (tertiary/aromatic N) is 3. The van der Waals surface area contributed by atoms with Crippen molar-refractivity contribution in [3.63, 3.8) is 0 Å². The monoisotopic (exact) mass is 418 g/mol. The van der Waals surface area contributed by atoms with Crippen molar-refractivity contribution >= 4 is 37.8 Å². The normalized spacial score (nSPS) is 11.5. The van der Waals surface area contributed by atoms with Gasteiger partial charge in [-0.25, -0.2) is 18.6 Å². The van der Waals surface area contributed by atoms with Crippen LogP contribution in [-0.2, 0) is 9.73 Å². The highest BCUT2D eigenvalue weighted by molar-refractivity contribution is 7.92. The molecule has 0 aliphatic heterocycles. The molecule has 0 spiro atoms. The van der Waals surface area contributed by atoms with Gasteiger partial charge < -0.3 is 15.2 Å². The van der Waals surface area contributed by atoms with Gasteiger partial charge >= 0.3 is 0 Å². The number of rotatable bonds is 7. The van der Waals surface area contributed by atoms with E-state index in [0.717, 1.165) is 10.9 Å². The molecule has 0 aliphatic rings. The average Bonchev–Trinajstić information content (AvgIpc) is 2.62. The summed E-state index contributed by atoms with van der Waals surface area (Å²) >= 11 is 0. The molecule has 7 nitrogen and oxygen atoms in total. The summed E-state index contributed by atoms with van der Waals surface area (Å²) in [5.41, 5.74) is 2.64. The van der Waals surface area contributed by atoms with Gasteiger partial charge in [-0.1, -0.05) is 0 Å². The van der Waals surface area contributed by atoms with E-state index < -0.39 is 15.5 Å². The van der Waals surface area contributed by atoms with Crippen LogP contribution in [0.1, 0.15) is 12.0 Å². The lowest BCUT2D eigenvalue weighted by molar-refractivity contribution is 0.234. The minimum Gasteiger partial charge on any atom is -0.491 e. The summed E-state index contributed by atoms with van der Waals surface area (Å²) in [5, 5.41) is 12.9. The number of nitrogens with one attached hydrogen (secondary N) is 1. The topological polar surface area (TPSA) is 96.7 Å². The zero-order valence-electron chi connectivity index (χ0n) is 16.5. The van der Waals surface area contributed by atoms with Crippen LogP contribution >= 0.6 is 0 Å². The zero-order valence-corrected chi connectivity index (χ0v) is 17.3. The lowest BCUT2D eigenvalue weighted by Crippen LogP contribution is -2.04. The molecule has 1 aromatic heterocycles. The molecule has 0 aliphatic carbocycles. The molecule has 0 amide bonds. The molecule has 3 rings (SSSR count). The maximum Gasteiger partial charge on any atom is 0.145 e. The summed E-state index contributed by atoms with van der Waals surface area (Å²) in [4.78, 5) is 8.64. The van der Waals surface area contributed by atoms with Gasteiger partial charge in [0, 0.05) is 46.7 Å². The molecular formula is C20H23FN4O3S. The minimum absolute atomic E-state index is 0.0108. The summed E-state index contributed by atoms with van der Waals surface area (Å²) in [6, 6.07) is 7.76. The van der Waals surface area contributed by atoms with Crippen LogP contribution in [0, 0.1) is 12.7 Å². The van der Waals surface area contributed by atoms with Crippen LogP contribution in [0.25, 0.3) is 10.9 Å². The molecule has 0 saturated heterocycles. The number of ether oxygens (including phenoxy) is 1. The number of hydrogen-bond acceptors (Lipinski definition) is 7. The Morgan fingerprint density at radius 1 is 1.24 bits per heavy atom. The van der Waals surface area contributed by atoms with Gasteiger partial charge in [0.25, 0.3) is 0 Å². The molecule has 2 aromatic carbocycles. The highest BCUT2D eigenvalue weighted by atomic mass is 32.2. The number of fused-ring (bicyclic) bond motifs is 1. The molecule has 1 heterocycles. The van der Waals surface area contributed by atoms with Gasteiger partial charge in [-0.3, -0.25) is 0 Å². The van der Waals surface area contributed by atoms with E-state index in [9.17, 15) is 8.60 Å². The predicted octanol–water partition coefficient (Wildman–Crippen LogP) is 3.94. The Morgan fingerprint density at radius 2 is 2.03 bits per heavy atom. The van der Waals surface area contributed by atoms with Gasteiger partial charge in [0.15, 0.2) is 0 Å². The molecule has 0 radical (unpaired) electrons. The Labute approximate surface area is 169 Å². The zero-order chi connectivity index (χ0) is 21.0. The molecule has 154 valence electrons. The van der Waals surface area contributed by atoms with Crippen LogP contribution in [0.3, 0.4) is 0 Å². The first-order chi connectivity index (χ1) is 13.8. The van der Waals surface area contributed by atoms with Crippen molar-refractivity contribution in [2.45, 2.75) is 13.3 Å². The van der Waals surface area contributed by atoms with E-state index in [1.54, 1.807) is 24.6 Å². The van der Waals surface area contributed by atoms with Crippen molar-refractivity contribution < 1.29 is 18.4 Å². The number of aliphatic hydroxyl groups excluding tert-OH is 1. The summed E-state index contributed by atoms with van der Waals surface area (Å²) in [6.45, 7) is 2.14. The van der Waals surface area contributed by atoms with Gasteiger partial charge in [-0.05, 0) is 36.8 Å². The largest absolute Gasteiger partial charge is 0.491 e. The molecule has 0 bridgehead atoms. The SMILES string of the molecule is Cc1cc(N=S(C)(C)=O)cc2ncnc(Nc3ccc(F)cc3OCCCO)c12. The Bertz CT molecular complexity index is 1150. The third kappa shape index (κ3) is 5.39. The molecule has 3 aromatic rings.